The van der Waals surface area contributed by atoms with Crippen LogP contribution in [0.2, 0.25) is 0 Å². The van der Waals surface area contributed by atoms with Crippen molar-refractivity contribution in [2.24, 2.45) is 0 Å². The fourth-order valence-electron chi connectivity index (χ4n) is 2.90. The molecule has 4 rings (SSSR count). The van der Waals surface area contributed by atoms with Crippen molar-refractivity contribution in [3.8, 4) is 11.3 Å². The predicted octanol–water partition coefficient (Wildman–Crippen LogP) is 3.51. The summed E-state index contributed by atoms with van der Waals surface area (Å²) in [5.74, 6) is 0.938. The van der Waals surface area contributed by atoms with E-state index in [1.54, 1.807) is 0 Å². The molecule has 106 valence electrons. The second kappa shape index (κ2) is 5.26. The maximum atomic E-state index is 5.97. The first-order valence-corrected chi connectivity index (χ1v) is 7.45. The van der Waals surface area contributed by atoms with Gasteiger partial charge >= 0.3 is 0 Å². The third-order valence-electron chi connectivity index (χ3n) is 4.04. The topological polar surface area (TPSA) is 28.4 Å². The summed E-state index contributed by atoms with van der Waals surface area (Å²) in [5.41, 5.74) is 3.36. The quantitative estimate of drug-likeness (QED) is 0.777. The van der Waals surface area contributed by atoms with E-state index in [0.29, 0.717) is 0 Å². The second-order valence-electron chi connectivity index (χ2n) is 5.44. The molecule has 3 aromatic rings. The van der Waals surface area contributed by atoms with Crippen LogP contribution in [0.1, 0.15) is 0 Å². The summed E-state index contributed by atoms with van der Waals surface area (Å²) in [6.45, 7) is 4.22. The second-order valence-corrected chi connectivity index (χ2v) is 5.44. The van der Waals surface area contributed by atoms with E-state index in [0.717, 1.165) is 48.5 Å². The largest absolute Gasteiger partial charge is 0.456 e. The van der Waals surface area contributed by atoms with Crippen LogP contribution in [-0.4, -0.2) is 26.2 Å². The highest BCUT2D eigenvalue weighted by molar-refractivity contribution is 5.83. The van der Waals surface area contributed by atoms with Crippen LogP contribution in [0.25, 0.3) is 22.3 Å². The van der Waals surface area contributed by atoms with Gasteiger partial charge in [0.05, 0.1) is 0 Å². The van der Waals surface area contributed by atoms with E-state index in [9.17, 15) is 0 Å². The number of benzene rings is 2. The molecule has 0 radical (unpaired) electrons. The van der Waals surface area contributed by atoms with Crippen molar-refractivity contribution in [1.82, 2.24) is 5.32 Å². The zero-order chi connectivity index (χ0) is 14.1. The van der Waals surface area contributed by atoms with Crippen LogP contribution in [0, 0.1) is 0 Å². The average Bonchev–Trinajstić information content (AvgIpc) is 3.00. The molecule has 3 heteroatoms. The Kier molecular flexibility index (Phi) is 3.13. The summed E-state index contributed by atoms with van der Waals surface area (Å²) in [6, 6.07) is 18.9. The Morgan fingerprint density at radius 3 is 2.62 bits per heavy atom. The fourth-order valence-corrected chi connectivity index (χ4v) is 2.90. The Morgan fingerprint density at radius 2 is 1.76 bits per heavy atom. The summed E-state index contributed by atoms with van der Waals surface area (Å²) in [4.78, 5) is 2.42. The molecular formula is C18H18N2O. The SMILES string of the molecule is c1cc(-c2cc3ccccc3o2)cc(N2CCNCC2)c1. The molecule has 2 aromatic carbocycles. The van der Waals surface area contributed by atoms with E-state index in [2.05, 4.69) is 46.6 Å². The highest BCUT2D eigenvalue weighted by Crippen LogP contribution is 2.30. The fraction of sp³-hybridized carbons (Fsp3) is 0.222. The number of hydrogen-bond donors (Lipinski definition) is 1. The first-order chi connectivity index (χ1) is 10.4. The van der Waals surface area contributed by atoms with Crippen molar-refractivity contribution in [2.75, 3.05) is 31.1 Å². The molecule has 0 spiro atoms. The van der Waals surface area contributed by atoms with Crippen LogP contribution in [0.5, 0.6) is 0 Å². The van der Waals surface area contributed by atoms with Gasteiger partial charge in [-0.05, 0) is 24.3 Å². The molecule has 0 amide bonds. The molecule has 2 heterocycles. The van der Waals surface area contributed by atoms with Crippen LogP contribution < -0.4 is 10.2 Å². The van der Waals surface area contributed by atoms with Crippen molar-refractivity contribution in [2.45, 2.75) is 0 Å². The number of para-hydroxylation sites is 1. The highest BCUT2D eigenvalue weighted by atomic mass is 16.3. The summed E-state index contributed by atoms with van der Waals surface area (Å²) >= 11 is 0. The van der Waals surface area contributed by atoms with Gasteiger partial charge in [-0.15, -0.1) is 0 Å². The summed E-state index contributed by atoms with van der Waals surface area (Å²) in [7, 11) is 0. The Hall–Kier alpha value is -2.26. The molecule has 0 bridgehead atoms. The summed E-state index contributed by atoms with van der Waals surface area (Å²) in [6.07, 6.45) is 0. The monoisotopic (exact) mass is 278 g/mol. The van der Waals surface area contributed by atoms with E-state index >= 15 is 0 Å². The van der Waals surface area contributed by atoms with Gasteiger partial charge < -0.3 is 14.6 Å². The summed E-state index contributed by atoms with van der Waals surface area (Å²) in [5, 5.41) is 4.54. The third-order valence-corrected chi connectivity index (χ3v) is 4.04. The van der Waals surface area contributed by atoms with Crippen molar-refractivity contribution in [3.05, 3.63) is 54.6 Å². The lowest BCUT2D eigenvalue weighted by Crippen LogP contribution is -2.43. The minimum absolute atomic E-state index is 0.938. The average molecular weight is 278 g/mol. The van der Waals surface area contributed by atoms with E-state index < -0.39 is 0 Å². The Labute approximate surface area is 124 Å². The summed E-state index contributed by atoms with van der Waals surface area (Å²) < 4.78 is 5.97. The first-order valence-electron chi connectivity index (χ1n) is 7.45. The Balaban J connectivity index is 1.71. The molecule has 1 aliphatic heterocycles. The molecule has 1 fully saturated rings. The predicted molar refractivity (Wildman–Crippen MR) is 86.7 cm³/mol. The van der Waals surface area contributed by atoms with Gasteiger partial charge in [-0.25, -0.2) is 0 Å². The minimum Gasteiger partial charge on any atom is -0.456 e. The van der Waals surface area contributed by atoms with Crippen LogP contribution in [0.15, 0.2) is 59.0 Å². The van der Waals surface area contributed by atoms with Gasteiger partial charge in [0.1, 0.15) is 11.3 Å². The number of furan rings is 1. The van der Waals surface area contributed by atoms with Gasteiger partial charge in [0.2, 0.25) is 0 Å². The van der Waals surface area contributed by atoms with E-state index in [4.69, 9.17) is 4.42 Å². The standard InChI is InChI=1S/C18H18N2O/c1-2-7-17-15(4-1)13-18(21-17)14-5-3-6-16(12-14)20-10-8-19-9-11-20/h1-7,12-13,19H,8-11H2. The van der Waals surface area contributed by atoms with Gasteiger partial charge in [0, 0.05) is 42.8 Å². The van der Waals surface area contributed by atoms with Crippen molar-refractivity contribution in [1.29, 1.82) is 0 Å². The number of piperazine rings is 1. The molecule has 3 nitrogen and oxygen atoms in total. The zero-order valence-electron chi connectivity index (χ0n) is 11.9. The lowest BCUT2D eigenvalue weighted by atomic mass is 10.1. The van der Waals surface area contributed by atoms with Crippen molar-refractivity contribution >= 4 is 16.7 Å². The third kappa shape index (κ3) is 2.41. The normalized spacial score (nSPS) is 15.5. The molecule has 1 saturated heterocycles. The van der Waals surface area contributed by atoms with Crippen molar-refractivity contribution in [3.63, 3.8) is 0 Å². The molecule has 0 saturated carbocycles. The lowest BCUT2D eigenvalue weighted by molar-refractivity contribution is 0.589. The Morgan fingerprint density at radius 1 is 0.905 bits per heavy atom. The van der Waals surface area contributed by atoms with Gasteiger partial charge in [-0.3, -0.25) is 0 Å². The van der Waals surface area contributed by atoms with E-state index in [1.165, 1.54) is 5.69 Å². The van der Waals surface area contributed by atoms with E-state index in [1.807, 2.05) is 18.2 Å². The zero-order valence-corrected chi connectivity index (χ0v) is 11.9. The molecule has 21 heavy (non-hydrogen) atoms. The number of rotatable bonds is 2. The number of nitrogens with zero attached hydrogens (tertiary/aromatic N) is 1. The van der Waals surface area contributed by atoms with Gasteiger partial charge in [0.25, 0.3) is 0 Å². The molecular weight excluding hydrogens is 260 g/mol. The van der Waals surface area contributed by atoms with Crippen LogP contribution in [-0.2, 0) is 0 Å². The van der Waals surface area contributed by atoms with Crippen molar-refractivity contribution < 1.29 is 4.42 Å². The van der Waals surface area contributed by atoms with E-state index in [-0.39, 0.29) is 0 Å². The maximum absolute atomic E-state index is 5.97. The van der Waals surface area contributed by atoms with Crippen LogP contribution in [0.4, 0.5) is 5.69 Å². The Bertz CT molecular complexity index is 724. The first kappa shape index (κ1) is 12.5. The van der Waals surface area contributed by atoms with Crippen LogP contribution in [0.3, 0.4) is 0 Å². The van der Waals surface area contributed by atoms with Gasteiger partial charge in [0.15, 0.2) is 0 Å². The minimum atomic E-state index is 0.938. The lowest BCUT2D eigenvalue weighted by Gasteiger charge is -2.29. The maximum Gasteiger partial charge on any atom is 0.135 e. The van der Waals surface area contributed by atoms with Gasteiger partial charge in [-0.2, -0.15) is 0 Å². The number of nitrogens with one attached hydrogen (secondary N) is 1. The highest BCUT2D eigenvalue weighted by Gasteiger charge is 2.12. The molecule has 0 aliphatic carbocycles. The molecule has 1 aromatic heterocycles. The van der Waals surface area contributed by atoms with Crippen LogP contribution >= 0.6 is 0 Å². The molecule has 1 N–H and O–H groups in total. The number of fused-ring (bicyclic) bond motifs is 1. The number of anilines is 1. The molecule has 1 aliphatic rings. The van der Waals surface area contributed by atoms with Gasteiger partial charge in [-0.1, -0.05) is 30.3 Å². The number of hydrogen-bond acceptors (Lipinski definition) is 3. The molecule has 0 unspecified atom stereocenters. The molecule has 0 atom stereocenters. The smallest absolute Gasteiger partial charge is 0.135 e.